The molecule has 1 aromatic heterocycles. The lowest BCUT2D eigenvalue weighted by Gasteiger charge is -2.47. The van der Waals surface area contributed by atoms with Crippen LogP contribution in [0.4, 0.5) is 0 Å². The van der Waals surface area contributed by atoms with Crippen molar-refractivity contribution >= 4 is 6.02 Å². The normalized spacial score (nSPS) is 32.5. The second-order valence-corrected chi connectivity index (χ2v) is 7.36. The fraction of sp³-hybridized carbons (Fsp3) is 0.421. The van der Waals surface area contributed by atoms with Crippen LogP contribution in [0.25, 0.3) is 11.1 Å². The van der Waals surface area contributed by atoms with Gasteiger partial charge in [0.15, 0.2) is 0 Å². The molecule has 2 N–H and O–H groups in total. The number of nitrogens with zero attached hydrogens (tertiary/aromatic N) is 3. The van der Waals surface area contributed by atoms with Crippen LogP contribution in [0.15, 0.2) is 41.9 Å². The van der Waals surface area contributed by atoms with Crippen LogP contribution in [-0.4, -0.2) is 28.2 Å². The number of aliphatic imine (C=N–C) groups is 1. The molecule has 5 rings (SSSR count). The van der Waals surface area contributed by atoms with Gasteiger partial charge in [-0.05, 0) is 43.9 Å². The van der Waals surface area contributed by atoms with E-state index in [1.54, 1.807) is 0 Å². The zero-order valence-corrected chi connectivity index (χ0v) is 14.1. The van der Waals surface area contributed by atoms with Gasteiger partial charge in [0.05, 0.1) is 0 Å². The average molecular weight is 336 g/mol. The largest absolute Gasteiger partial charge is 0.487 e. The Bertz CT molecular complexity index is 869. The van der Waals surface area contributed by atoms with Crippen LogP contribution in [-0.2, 0) is 10.3 Å². The van der Waals surface area contributed by atoms with Gasteiger partial charge in [-0.15, -0.1) is 0 Å². The summed E-state index contributed by atoms with van der Waals surface area (Å²) in [4.78, 5) is 13.1. The minimum atomic E-state index is -0.464. The number of amidine groups is 1. The van der Waals surface area contributed by atoms with Gasteiger partial charge in [0.25, 0.3) is 6.02 Å². The van der Waals surface area contributed by atoms with Crippen molar-refractivity contribution < 1.29 is 9.47 Å². The topological polar surface area (TPSA) is 82.6 Å². The fourth-order valence-corrected chi connectivity index (χ4v) is 4.79. The quantitative estimate of drug-likeness (QED) is 0.865. The molecule has 1 aromatic carbocycles. The first-order valence-electron chi connectivity index (χ1n) is 8.68. The van der Waals surface area contributed by atoms with Crippen molar-refractivity contribution in [3.63, 3.8) is 0 Å². The van der Waals surface area contributed by atoms with E-state index in [-0.39, 0.29) is 17.5 Å². The highest BCUT2D eigenvalue weighted by molar-refractivity contribution is 5.75. The Morgan fingerprint density at radius 3 is 2.80 bits per heavy atom. The number of aromatic nitrogens is 2. The van der Waals surface area contributed by atoms with Gasteiger partial charge in [0.1, 0.15) is 29.8 Å². The molecular weight excluding hydrogens is 316 g/mol. The number of nitrogens with two attached hydrogens (primary N) is 1. The summed E-state index contributed by atoms with van der Waals surface area (Å²) in [6, 6.07) is 6.49. The van der Waals surface area contributed by atoms with Gasteiger partial charge in [-0.2, -0.15) is 0 Å². The molecule has 0 radical (unpaired) electrons. The van der Waals surface area contributed by atoms with Gasteiger partial charge in [0.2, 0.25) is 0 Å². The van der Waals surface area contributed by atoms with Gasteiger partial charge in [-0.1, -0.05) is 6.07 Å². The molecular formula is C19H20N4O2. The minimum absolute atomic E-state index is 0.220. The Hall–Kier alpha value is -2.63. The molecule has 25 heavy (non-hydrogen) atoms. The molecule has 6 nitrogen and oxygen atoms in total. The highest BCUT2D eigenvalue weighted by Gasteiger charge is 2.60. The molecule has 1 aliphatic carbocycles. The Labute approximate surface area is 146 Å². The van der Waals surface area contributed by atoms with E-state index in [1.807, 2.05) is 24.5 Å². The van der Waals surface area contributed by atoms with E-state index in [0.717, 1.165) is 41.7 Å². The number of hydrogen-bond acceptors (Lipinski definition) is 6. The second-order valence-electron chi connectivity index (χ2n) is 7.36. The first-order valence-corrected chi connectivity index (χ1v) is 8.68. The predicted octanol–water partition coefficient (Wildman–Crippen LogP) is 2.64. The molecule has 1 unspecified atom stereocenters. The zero-order valence-electron chi connectivity index (χ0n) is 14.1. The van der Waals surface area contributed by atoms with Crippen molar-refractivity contribution in [3.8, 4) is 16.9 Å². The van der Waals surface area contributed by atoms with Gasteiger partial charge < -0.3 is 15.2 Å². The van der Waals surface area contributed by atoms with Crippen molar-refractivity contribution in [2.75, 3.05) is 6.61 Å². The third-order valence-electron chi connectivity index (χ3n) is 5.91. The highest BCUT2D eigenvalue weighted by Crippen LogP contribution is 2.58. The maximum Gasteiger partial charge on any atom is 0.283 e. The summed E-state index contributed by atoms with van der Waals surface area (Å²) in [5.41, 5.74) is 8.32. The van der Waals surface area contributed by atoms with Crippen LogP contribution in [0.2, 0.25) is 0 Å². The minimum Gasteiger partial charge on any atom is -0.487 e. The fourth-order valence-electron chi connectivity index (χ4n) is 4.79. The summed E-state index contributed by atoms with van der Waals surface area (Å²) in [6.07, 6.45) is 8.39. The van der Waals surface area contributed by atoms with Crippen molar-refractivity contribution in [1.82, 2.24) is 9.97 Å². The summed E-state index contributed by atoms with van der Waals surface area (Å²) < 4.78 is 12.1. The van der Waals surface area contributed by atoms with Crippen molar-refractivity contribution in [2.45, 2.75) is 37.3 Å². The van der Waals surface area contributed by atoms with E-state index in [4.69, 9.17) is 20.2 Å². The molecule has 2 aromatic rings. The van der Waals surface area contributed by atoms with E-state index in [0.29, 0.717) is 6.61 Å². The van der Waals surface area contributed by atoms with Crippen LogP contribution < -0.4 is 10.5 Å². The summed E-state index contributed by atoms with van der Waals surface area (Å²) in [7, 11) is 0. The maximum absolute atomic E-state index is 6.46. The number of benzene rings is 1. The summed E-state index contributed by atoms with van der Waals surface area (Å²) in [5, 5.41) is 0. The summed E-state index contributed by atoms with van der Waals surface area (Å²) >= 11 is 0. The van der Waals surface area contributed by atoms with Gasteiger partial charge in [-0.25, -0.2) is 15.0 Å². The van der Waals surface area contributed by atoms with E-state index >= 15 is 0 Å². The molecule has 3 atom stereocenters. The number of hydrogen-bond donors (Lipinski definition) is 1. The Morgan fingerprint density at radius 1 is 1.20 bits per heavy atom. The molecule has 2 aliphatic heterocycles. The third kappa shape index (κ3) is 2.00. The average Bonchev–Trinajstić information content (AvgIpc) is 3.20. The monoisotopic (exact) mass is 336 g/mol. The smallest absolute Gasteiger partial charge is 0.283 e. The number of fused-ring (bicyclic) bond motifs is 4. The van der Waals surface area contributed by atoms with Crippen LogP contribution >= 0.6 is 0 Å². The third-order valence-corrected chi connectivity index (χ3v) is 5.91. The van der Waals surface area contributed by atoms with E-state index in [1.165, 1.54) is 6.33 Å². The number of rotatable bonds is 1. The van der Waals surface area contributed by atoms with Gasteiger partial charge >= 0.3 is 0 Å². The molecule has 1 fully saturated rings. The lowest BCUT2D eigenvalue weighted by molar-refractivity contribution is -0.0210. The van der Waals surface area contributed by atoms with Gasteiger partial charge in [-0.3, -0.25) is 0 Å². The maximum atomic E-state index is 6.46. The molecule has 128 valence electrons. The highest BCUT2D eigenvalue weighted by atomic mass is 16.5. The summed E-state index contributed by atoms with van der Waals surface area (Å²) in [6.45, 7) is 2.67. The molecule has 0 saturated heterocycles. The first-order chi connectivity index (χ1) is 12.1. The predicted molar refractivity (Wildman–Crippen MR) is 93.1 cm³/mol. The molecule has 6 heteroatoms. The Balaban J connectivity index is 1.71. The Morgan fingerprint density at radius 2 is 2.04 bits per heavy atom. The van der Waals surface area contributed by atoms with E-state index < -0.39 is 5.54 Å². The molecule has 1 saturated carbocycles. The Kier molecular flexibility index (Phi) is 2.90. The van der Waals surface area contributed by atoms with Gasteiger partial charge in [0, 0.05) is 29.4 Å². The summed E-state index contributed by atoms with van der Waals surface area (Å²) in [5.74, 6) is 1.14. The number of ether oxygens (including phenoxy) is 2. The molecule has 3 aliphatic rings. The van der Waals surface area contributed by atoms with Crippen molar-refractivity contribution in [3.05, 3.63) is 42.5 Å². The van der Waals surface area contributed by atoms with E-state index in [9.17, 15) is 0 Å². The van der Waals surface area contributed by atoms with Crippen LogP contribution in [0, 0.1) is 5.92 Å². The second kappa shape index (κ2) is 4.94. The first kappa shape index (κ1) is 14.7. The van der Waals surface area contributed by atoms with Crippen molar-refractivity contribution in [1.29, 1.82) is 0 Å². The molecule has 0 amide bonds. The lowest BCUT2D eigenvalue weighted by Crippen LogP contribution is -2.52. The molecule has 3 heterocycles. The van der Waals surface area contributed by atoms with Crippen LogP contribution in [0.3, 0.4) is 0 Å². The molecule has 1 spiro atoms. The lowest BCUT2D eigenvalue weighted by atomic mass is 9.69. The molecule has 0 bridgehead atoms. The zero-order chi connectivity index (χ0) is 17.1. The van der Waals surface area contributed by atoms with Crippen LogP contribution in [0.5, 0.6) is 5.75 Å². The SMILES string of the molecule is C[C@]12CCC[C@H]1C1(COC(N)=N1)c1cc(-c3cncnc3)ccc1O2. The van der Waals surface area contributed by atoms with Crippen molar-refractivity contribution in [2.24, 2.45) is 16.6 Å². The standard InChI is InChI=1S/C19H20N4O2/c1-18-6-2-3-16(18)19(10-24-17(20)23-19)14-7-12(4-5-15(14)25-18)13-8-21-11-22-9-13/h4-5,7-9,11,16H,2-3,6,10H2,1H3,(H2,20,23)/t16-,18+,19?/m1/s1. The van der Waals surface area contributed by atoms with Crippen LogP contribution in [0.1, 0.15) is 31.7 Å². The van der Waals surface area contributed by atoms with E-state index in [2.05, 4.69) is 23.0 Å².